The third-order valence-electron chi connectivity index (χ3n) is 3.62. The zero-order chi connectivity index (χ0) is 18.6. The Kier molecular flexibility index (Phi) is 5.68. The van der Waals surface area contributed by atoms with Gasteiger partial charge in [-0.3, -0.25) is 9.59 Å². The highest BCUT2D eigenvalue weighted by atomic mass is 16.4. The monoisotopic (exact) mass is 347 g/mol. The van der Waals surface area contributed by atoms with E-state index in [1.54, 1.807) is 29.9 Å². The minimum Gasteiger partial charge on any atom is -0.480 e. The SMILES string of the molecule is CC(C)C[C@H](NC(=O)CNC(=O)c1ccc2c(c1)nnn2C)C(=O)O. The maximum Gasteiger partial charge on any atom is 0.326 e. The molecule has 1 aromatic carbocycles. The molecule has 2 amide bonds. The predicted molar refractivity (Wildman–Crippen MR) is 89.9 cm³/mol. The molecule has 9 nitrogen and oxygen atoms in total. The molecule has 2 aromatic rings. The highest BCUT2D eigenvalue weighted by molar-refractivity contribution is 5.99. The number of carboxylic acid groups (broad SMARTS) is 1. The summed E-state index contributed by atoms with van der Waals surface area (Å²) in [6.07, 6.45) is 0.318. The van der Waals surface area contributed by atoms with Crippen LogP contribution < -0.4 is 10.6 Å². The molecule has 25 heavy (non-hydrogen) atoms. The fourth-order valence-electron chi connectivity index (χ4n) is 2.38. The summed E-state index contributed by atoms with van der Waals surface area (Å²) in [6.45, 7) is 3.43. The zero-order valence-electron chi connectivity index (χ0n) is 14.3. The van der Waals surface area contributed by atoms with Crippen LogP contribution in [0, 0.1) is 5.92 Å². The van der Waals surface area contributed by atoms with Crippen molar-refractivity contribution >= 4 is 28.8 Å². The predicted octanol–water partition coefficient (Wildman–Crippen LogP) is 0.314. The van der Waals surface area contributed by atoms with Gasteiger partial charge in [0.2, 0.25) is 5.91 Å². The Morgan fingerprint density at radius 3 is 2.64 bits per heavy atom. The average Bonchev–Trinajstić information content (AvgIpc) is 2.92. The third-order valence-corrected chi connectivity index (χ3v) is 3.62. The lowest BCUT2D eigenvalue weighted by atomic mass is 10.0. The fourth-order valence-corrected chi connectivity index (χ4v) is 2.38. The van der Waals surface area contributed by atoms with Crippen molar-refractivity contribution in [2.24, 2.45) is 13.0 Å². The Balaban J connectivity index is 1.93. The second-order valence-corrected chi connectivity index (χ2v) is 6.19. The van der Waals surface area contributed by atoms with Gasteiger partial charge >= 0.3 is 5.97 Å². The second kappa shape index (κ2) is 7.73. The lowest BCUT2D eigenvalue weighted by molar-refractivity contribution is -0.142. The Morgan fingerprint density at radius 1 is 1.28 bits per heavy atom. The van der Waals surface area contributed by atoms with Crippen LogP contribution in [0.4, 0.5) is 0 Å². The molecule has 0 saturated carbocycles. The molecule has 0 aliphatic rings. The van der Waals surface area contributed by atoms with E-state index in [1.807, 2.05) is 13.8 Å². The van der Waals surface area contributed by atoms with Crippen LogP contribution >= 0.6 is 0 Å². The number of aryl methyl sites for hydroxylation is 1. The molecule has 134 valence electrons. The van der Waals surface area contributed by atoms with Gasteiger partial charge in [-0.15, -0.1) is 5.10 Å². The quantitative estimate of drug-likeness (QED) is 0.662. The number of aliphatic carboxylic acids is 1. The molecule has 1 heterocycles. The number of nitrogens with one attached hydrogen (secondary N) is 2. The molecule has 0 aliphatic heterocycles. The largest absolute Gasteiger partial charge is 0.480 e. The average molecular weight is 347 g/mol. The molecular formula is C16H21N5O4. The Hall–Kier alpha value is -2.97. The number of carbonyl (C=O) groups excluding carboxylic acids is 2. The number of nitrogens with zero attached hydrogens (tertiary/aromatic N) is 3. The number of hydrogen-bond acceptors (Lipinski definition) is 5. The maximum absolute atomic E-state index is 12.1. The first-order valence-corrected chi connectivity index (χ1v) is 7.87. The van der Waals surface area contributed by atoms with Gasteiger partial charge in [-0.2, -0.15) is 0 Å². The third kappa shape index (κ3) is 4.75. The van der Waals surface area contributed by atoms with Crippen molar-refractivity contribution in [1.82, 2.24) is 25.6 Å². The van der Waals surface area contributed by atoms with Crippen molar-refractivity contribution < 1.29 is 19.5 Å². The van der Waals surface area contributed by atoms with Crippen molar-refractivity contribution in [2.45, 2.75) is 26.3 Å². The van der Waals surface area contributed by atoms with Crippen LogP contribution in [0.25, 0.3) is 11.0 Å². The van der Waals surface area contributed by atoms with Crippen LogP contribution in [-0.4, -0.2) is 50.5 Å². The summed E-state index contributed by atoms with van der Waals surface area (Å²) in [6, 6.07) is 3.93. The van der Waals surface area contributed by atoms with E-state index in [0.29, 0.717) is 17.5 Å². The van der Waals surface area contributed by atoms with Gasteiger partial charge in [0.05, 0.1) is 12.1 Å². The van der Waals surface area contributed by atoms with Gasteiger partial charge in [-0.1, -0.05) is 19.1 Å². The fraction of sp³-hybridized carbons (Fsp3) is 0.438. The summed E-state index contributed by atoms with van der Waals surface area (Å²) in [5, 5.41) is 21.8. The molecule has 3 N–H and O–H groups in total. The van der Waals surface area contributed by atoms with Crippen LogP contribution in [0.15, 0.2) is 18.2 Å². The summed E-state index contributed by atoms with van der Waals surface area (Å²) in [5.41, 5.74) is 1.70. The van der Waals surface area contributed by atoms with Crippen molar-refractivity contribution in [2.75, 3.05) is 6.54 Å². The van der Waals surface area contributed by atoms with E-state index in [0.717, 1.165) is 5.52 Å². The van der Waals surface area contributed by atoms with E-state index >= 15 is 0 Å². The van der Waals surface area contributed by atoms with E-state index in [4.69, 9.17) is 5.11 Å². The minimum atomic E-state index is -1.10. The number of carboxylic acids is 1. The molecule has 0 radical (unpaired) electrons. The van der Waals surface area contributed by atoms with Gasteiger partial charge in [-0.25, -0.2) is 9.48 Å². The summed E-state index contributed by atoms with van der Waals surface area (Å²) in [7, 11) is 1.75. The van der Waals surface area contributed by atoms with E-state index in [-0.39, 0.29) is 12.5 Å². The summed E-state index contributed by atoms with van der Waals surface area (Å²) in [4.78, 5) is 35.2. The van der Waals surface area contributed by atoms with Gasteiger partial charge in [0.15, 0.2) is 0 Å². The van der Waals surface area contributed by atoms with Crippen LogP contribution in [-0.2, 0) is 16.6 Å². The van der Waals surface area contributed by atoms with Gasteiger partial charge in [0.25, 0.3) is 5.91 Å². The molecule has 0 bridgehead atoms. The molecule has 0 unspecified atom stereocenters. The lowest BCUT2D eigenvalue weighted by Crippen LogP contribution is -2.46. The number of hydrogen-bond donors (Lipinski definition) is 3. The number of aromatic nitrogens is 3. The molecule has 0 saturated heterocycles. The minimum absolute atomic E-state index is 0.120. The van der Waals surface area contributed by atoms with Crippen molar-refractivity contribution in [3.05, 3.63) is 23.8 Å². The summed E-state index contributed by atoms with van der Waals surface area (Å²) in [5.74, 6) is -1.98. The molecule has 1 atom stereocenters. The molecule has 1 aromatic heterocycles. The van der Waals surface area contributed by atoms with Crippen LogP contribution in [0.2, 0.25) is 0 Å². The second-order valence-electron chi connectivity index (χ2n) is 6.19. The number of benzene rings is 1. The number of carbonyl (C=O) groups is 3. The van der Waals surface area contributed by atoms with Gasteiger partial charge in [-0.05, 0) is 30.5 Å². The van der Waals surface area contributed by atoms with Gasteiger partial charge in [0, 0.05) is 12.6 Å². The van der Waals surface area contributed by atoms with Crippen LogP contribution in [0.5, 0.6) is 0 Å². The lowest BCUT2D eigenvalue weighted by Gasteiger charge is -2.16. The van der Waals surface area contributed by atoms with E-state index < -0.39 is 23.8 Å². The van der Waals surface area contributed by atoms with Gasteiger partial charge < -0.3 is 15.7 Å². The highest BCUT2D eigenvalue weighted by Crippen LogP contribution is 2.12. The molecule has 0 aliphatic carbocycles. The number of rotatable bonds is 7. The molecule has 0 fully saturated rings. The molecule has 9 heteroatoms. The Morgan fingerprint density at radius 2 is 2.00 bits per heavy atom. The highest BCUT2D eigenvalue weighted by Gasteiger charge is 2.21. The number of fused-ring (bicyclic) bond motifs is 1. The first-order valence-electron chi connectivity index (χ1n) is 7.87. The van der Waals surface area contributed by atoms with Crippen molar-refractivity contribution in [3.8, 4) is 0 Å². The topological polar surface area (TPSA) is 126 Å². The van der Waals surface area contributed by atoms with Gasteiger partial charge in [0.1, 0.15) is 11.6 Å². The standard InChI is InChI=1S/C16H21N5O4/c1-9(2)6-12(16(24)25)18-14(22)8-17-15(23)10-4-5-13-11(7-10)19-20-21(13)3/h4-5,7,9,12H,6,8H2,1-3H3,(H,17,23)(H,18,22)(H,24,25)/t12-/m0/s1. The summed E-state index contributed by atoms with van der Waals surface area (Å²) >= 11 is 0. The number of amides is 2. The Bertz CT molecular complexity index is 799. The van der Waals surface area contributed by atoms with E-state index in [9.17, 15) is 14.4 Å². The van der Waals surface area contributed by atoms with E-state index in [1.165, 1.54) is 0 Å². The van der Waals surface area contributed by atoms with Crippen molar-refractivity contribution in [1.29, 1.82) is 0 Å². The first kappa shape index (κ1) is 18.4. The molecule has 0 spiro atoms. The summed E-state index contributed by atoms with van der Waals surface area (Å²) < 4.78 is 1.59. The first-order chi connectivity index (χ1) is 11.8. The normalized spacial score (nSPS) is 12.2. The maximum atomic E-state index is 12.1. The van der Waals surface area contributed by atoms with E-state index in [2.05, 4.69) is 20.9 Å². The van der Waals surface area contributed by atoms with Crippen LogP contribution in [0.3, 0.4) is 0 Å². The smallest absolute Gasteiger partial charge is 0.326 e. The zero-order valence-corrected chi connectivity index (χ0v) is 14.3. The van der Waals surface area contributed by atoms with Crippen molar-refractivity contribution in [3.63, 3.8) is 0 Å². The van der Waals surface area contributed by atoms with Crippen LogP contribution in [0.1, 0.15) is 30.6 Å². The Labute approximate surface area is 144 Å². The molecular weight excluding hydrogens is 326 g/mol. The molecule has 2 rings (SSSR count).